The Balaban J connectivity index is 0.680. The van der Waals surface area contributed by atoms with E-state index in [0.717, 1.165) is 106 Å². The first-order chi connectivity index (χ1) is 32.3. The third kappa shape index (κ3) is 9.05. The Morgan fingerprint density at radius 2 is 1.72 bits per heavy atom. The van der Waals surface area contributed by atoms with Crippen molar-refractivity contribution in [3.63, 3.8) is 0 Å². The summed E-state index contributed by atoms with van der Waals surface area (Å²) in [6, 6.07) is 13.3. The van der Waals surface area contributed by atoms with E-state index in [0.29, 0.717) is 46.8 Å². The molecule has 6 aliphatic rings. The van der Waals surface area contributed by atoms with Crippen LogP contribution in [0, 0.1) is 5.41 Å². The number of likely N-dealkylation sites (tertiary alicyclic amines) is 1. The standard InChI is InChI=1S/C49H59ClN10O7/c1-29(2)60-39-7-4-32(20-30(39)22-41(47(60)65)66-27-43(62)51-3)53-44-38(50)25-52-48(55-44)57-15-10-35(11-16-57)67-36-23-34(24-36)58-19-14-49(28-58)12-17-56(18-13-49)33-5-6-37-31(21-33)26-59(46(37)64)40-8-9-42(61)54-45(40)63/h4-7,20-22,25,29,34-36,40H,8-19,23-24,26-28H2,1-3H3,(H,51,62)(H,52,53,55)(H,54,61,63)/t34-,36-,40?. The van der Waals surface area contributed by atoms with Crippen LogP contribution in [-0.4, -0.2) is 125 Å². The molecule has 354 valence electrons. The first kappa shape index (κ1) is 45.0. The number of aromatic nitrogens is 3. The fraction of sp³-hybridized carbons (Fsp3) is 0.531. The molecule has 5 aliphatic heterocycles. The van der Waals surface area contributed by atoms with Crippen molar-refractivity contribution in [2.45, 2.75) is 109 Å². The SMILES string of the molecule is CNC(=O)COc1cc2cc(Nc3nc(N4CCC(O[C@H]5C[C@H](N6CCC7(CCN(c8ccc9c(c8)CN(C8CCC(=O)NC8=O)C9=O)CC7)C6)C5)CC4)ncc3Cl)ccc2n(C(C)C)c1=O. The number of piperidine rings is 3. The lowest BCUT2D eigenvalue weighted by Gasteiger charge is -2.45. The molecule has 5 fully saturated rings. The van der Waals surface area contributed by atoms with Gasteiger partial charge in [0.25, 0.3) is 17.4 Å². The van der Waals surface area contributed by atoms with Crippen LogP contribution in [0.5, 0.6) is 5.75 Å². The van der Waals surface area contributed by atoms with Crippen LogP contribution in [0.4, 0.5) is 23.1 Å². The van der Waals surface area contributed by atoms with Crippen molar-refractivity contribution in [1.82, 2.24) is 35.0 Å². The van der Waals surface area contributed by atoms with Gasteiger partial charge in [-0.1, -0.05) is 11.6 Å². The fourth-order valence-corrected chi connectivity index (χ4v) is 11.2. The van der Waals surface area contributed by atoms with Gasteiger partial charge >= 0.3 is 0 Å². The zero-order valence-corrected chi connectivity index (χ0v) is 39.1. The molecule has 4 aromatic rings. The summed E-state index contributed by atoms with van der Waals surface area (Å²) in [7, 11) is 1.52. The minimum atomic E-state index is -0.601. The molecule has 67 heavy (non-hydrogen) atoms. The van der Waals surface area contributed by atoms with E-state index < -0.39 is 6.04 Å². The predicted octanol–water partition coefficient (Wildman–Crippen LogP) is 5.16. The number of imide groups is 1. The Kier molecular flexibility index (Phi) is 12.3. The minimum Gasteiger partial charge on any atom is -0.478 e. The van der Waals surface area contributed by atoms with Crippen LogP contribution in [0.25, 0.3) is 10.9 Å². The number of fused-ring (bicyclic) bond motifs is 2. The Labute approximate surface area is 394 Å². The highest BCUT2D eigenvalue weighted by atomic mass is 35.5. The number of pyridine rings is 1. The lowest BCUT2D eigenvalue weighted by atomic mass is 9.77. The largest absolute Gasteiger partial charge is 0.478 e. The molecule has 2 aromatic carbocycles. The molecule has 1 aliphatic carbocycles. The first-order valence-electron chi connectivity index (χ1n) is 23.8. The van der Waals surface area contributed by atoms with Gasteiger partial charge in [-0.2, -0.15) is 4.98 Å². The summed E-state index contributed by atoms with van der Waals surface area (Å²) in [5, 5.41) is 9.40. The van der Waals surface area contributed by atoms with Gasteiger partial charge in [0, 0.05) is 87.1 Å². The van der Waals surface area contributed by atoms with E-state index in [1.54, 1.807) is 21.7 Å². The molecule has 3 N–H and O–H groups in total. The second kappa shape index (κ2) is 18.4. The van der Waals surface area contributed by atoms with E-state index in [1.807, 2.05) is 38.1 Å². The summed E-state index contributed by atoms with van der Waals surface area (Å²) < 4.78 is 14.0. The summed E-state index contributed by atoms with van der Waals surface area (Å²) in [6.45, 7) is 9.81. The van der Waals surface area contributed by atoms with Gasteiger partial charge in [-0.05, 0) is 125 Å². The van der Waals surface area contributed by atoms with E-state index in [1.165, 1.54) is 13.5 Å². The Morgan fingerprint density at radius 1 is 0.940 bits per heavy atom. The molecule has 10 rings (SSSR count). The number of benzene rings is 2. The van der Waals surface area contributed by atoms with Crippen LogP contribution in [0.15, 0.2) is 53.5 Å². The average molecular weight is 936 g/mol. The number of hydrogen-bond donors (Lipinski definition) is 3. The second-order valence-corrected chi connectivity index (χ2v) is 19.9. The molecule has 18 heteroatoms. The number of amides is 4. The van der Waals surface area contributed by atoms with Crippen LogP contribution < -0.4 is 36.0 Å². The van der Waals surface area contributed by atoms with E-state index >= 15 is 0 Å². The van der Waals surface area contributed by atoms with Crippen molar-refractivity contribution in [1.29, 1.82) is 0 Å². The van der Waals surface area contributed by atoms with Crippen LogP contribution in [0.2, 0.25) is 5.02 Å². The number of hydrogen-bond acceptors (Lipinski definition) is 13. The zero-order chi connectivity index (χ0) is 46.6. The van der Waals surface area contributed by atoms with E-state index in [2.05, 4.69) is 47.8 Å². The van der Waals surface area contributed by atoms with Crippen LogP contribution in [-0.2, 0) is 25.7 Å². The smallest absolute Gasteiger partial charge is 0.293 e. The van der Waals surface area contributed by atoms with E-state index in [-0.39, 0.29) is 66.2 Å². The number of ether oxygens (including phenoxy) is 2. The number of nitrogens with one attached hydrogen (secondary N) is 3. The third-order valence-corrected chi connectivity index (χ3v) is 15.3. The molecule has 1 saturated carbocycles. The molecule has 1 spiro atoms. The molecule has 0 radical (unpaired) electrons. The number of likely N-dealkylation sites (N-methyl/N-ethyl adjacent to an activating group) is 1. The predicted molar refractivity (Wildman–Crippen MR) is 254 cm³/mol. The van der Waals surface area contributed by atoms with Gasteiger partial charge in [-0.25, -0.2) is 4.98 Å². The highest BCUT2D eigenvalue weighted by Gasteiger charge is 2.46. The Hall–Kier alpha value is -5.78. The minimum absolute atomic E-state index is 0.0989. The normalized spacial score (nSPS) is 23.2. The van der Waals surface area contributed by atoms with Gasteiger partial charge in [0.1, 0.15) is 11.1 Å². The lowest BCUT2D eigenvalue weighted by molar-refractivity contribution is -0.137. The summed E-state index contributed by atoms with van der Waals surface area (Å²) >= 11 is 6.62. The van der Waals surface area contributed by atoms with Crippen LogP contribution >= 0.6 is 11.6 Å². The van der Waals surface area contributed by atoms with Crippen molar-refractivity contribution in [3.8, 4) is 5.75 Å². The Bertz CT molecular complexity index is 2650. The fourth-order valence-electron chi connectivity index (χ4n) is 11.1. The second-order valence-electron chi connectivity index (χ2n) is 19.5. The van der Waals surface area contributed by atoms with Gasteiger partial charge in [-0.3, -0.25) is 34.2 Å². The van der Waals surface area contributed by atoms with Crippen molar-refractivity contribution < 1.29 is 28.7 Å². The summed E-state index contributed by atoms with van der Waals surface area (Å²) in [6.07, 6.45) is 10.2. The molecule has 4 amide bonds. The zero-order valence-electron chi connectivity index (χ0n) is 38.4. The molecule has 1 unspecified atom stereocenters. The lowest BCUT2D eigenvalue weighted by Crippen LogP contribution is -2.52. The van der Waals surface area contributed by atoms with Crippen molar-refractivity contribution in [3.05, 3.63) is 75.2 Å². The summed E-state index contributed by atoms with van der Waals surface area (Å²) in [5.41, 5.74) is 4.25. The van der Waals surface area contributed by atoms with Crippen molar-refractivity contribution >= 4 is 69.3 Å². The van der Waals surface area contributed by atoms with Gasteiger partial charge < -0.3 is 39.4 Å². The Morgan fingerprint density at radius 3 is 2.46 bits per heavy atom. The van der Waals surface area contributed by atoms with E-state index in [4.69, 9.17) is 26.1 Å². The van der Waals surface area contributed by atoms with E-state index in [9.17, 15) is 24.0 Å². The molecule has 7 heterocycles. The maximum Gasteiger partial charge on any atom is 0.293 e. The van der Waals surface area contributed by atoms with Crippen LogP contribution in [0.1, 0.15) is 93.6 Å². The number of carbonyl (C=O) groups excluding carboxylic acids is 4. The maximum atomic E-state index is 13.3. The number of anilines is 4. The van der Waals surface area contributed by atoms with Gasteiger partial charge in [0.05, 0.1) is 23.9 Å². The molecular weight excluding hydrogens is 876 g/mol. The molecule has 4 saturated heterocycles. The van der Waals surface area contributed by atoms with Gasteiger partial charge in [0.2, 0.25) is 17.8 Å². The quantitative estimate of drug-likeness (QED) is 0.159. The average Bonchev–Trinajstić information content (AvgIpc) is 3.86. The van der Waals surface area contributed by atoms with Crippen molar-refractivity contribution in [2.24, 2.45) is 5.41 Å². The first-order valence-corrected chi connectivity index (χ1v) is 24.2. The van der Waals surface area contributed by atoms with Gasteiger partial charge in [0.15, 0.2) is 18.2 Å². The topological polar surface area (TPSA) is 184 Å². The monoisotopic (exact) mass is 934 g/mol. The summed E-state index contributed by atoms with van der Waals surface area (Å²) in [4.78, 5) is 80.9. The van der Waals surface area contributed by atoms with Crippen molar-refractivity contribution in [2.75, 3.05) is 68.0 Å². The highest BCUT2D eigenvalue weighted by Crippen LogP contribution is 2.45. The highest BCUT2D eigenvalue weighted by molar-refractivity contribution is 6.33. The molecule has 1 atom stereocenters. The molecule has 17 nitrogen and oxygen atoms in total. The summed E-state index contributed by atoms with van der Waals surface area (Å²) in [5.74, 6) is 0.0637. The number of halogens is 1. The molecular formula is C49H59ClN10O7. The number of rotatable bonds is 12. The maximum absolute atomic E-state index is 13.3. The van der Waals surface area contributed by atoms with Gasteiger partial charge in [-0.15, -0.1) is 0 Å². The molecule has 2 aromatic heterocycles. The third-order valence-electron chi connectivity index (χ3n) is 15.0. The number of carbonyl (C=O) groups is 4. The molecule has 0 bridgehead atoms. The number of nitrogens with zero attached hydrogens (tertiary/aromatic N) is 7. The van der Waals surface area contributed by atoms with Crippen LogP contribution in [0.3, 0.4) is 0 Å².